The molecular formula is C10H11ClN4S. The van der Waals surface area contributed by atoms with Crippen LogP contribution in [-0.2, 0) is 0 Å². The van der Waals surface area contributed by atoms with E-state index in [1.807, 2.05) is 25.1 Å². The highest BCUT2D eigenvalue weighted by Crippen LogP contribution is 2.33. The monoisotopic (exact) mass is 254 g/mol. The van der Waals surface area contributed by atoms with Crippen molar-refractivity contribution in [1.29, 1.82) is 0 Å². The zero-order valence-corrected chi connectivity index (χ0v) is 10.5. The molecule has 0 spiro atoms. The molecule has 2 aromatic rings. The summed E-state index contributed by atoms with van der Waals surface area (Å²) in [4.78, 5) is 1.91. The van der Waals surface area contributed by atoms with E-state index in [2.05, 4.69) is 10.2 Å². The number of anilines is 2. The Hall–Kier alpha value is -1.33. The van der Waals surface area contributed by atoms with Crippen molar-refractivity contribution >= 4 is 33.8 Å². The molecule has 16 heavy (non-hydrogen) atoms. The molecule has 0 saturated heterocycles. The fraction of sp³-hybridized carbons (Fsp3) is 0.200. The van der Waals surface area contributed by atoms with Gasteiger partial charge in [-0.1, -0.05) is 22.9 Å². The molecule has 1 aromatic carbocycles. The maximum atomic E-state index is 6.10. The van der Waals surface area contributed by atoms with Crippen LogP contribution < -0.4 is 10.6 Å². The van der Waals surface area contributed by atoms with Gasteiger partial charge in [0.1, 0.15) is 0 Å². The molecule has 0 aliphatic rings. The van der Waals surface area contributed by atoms with Gasteiger partial charge >= 0.3 is 0 Å². The largest absolute Gasteiger partial charge is 0.399 e. The molecule has 0 fully saturated rings. The van der Waals surface area contributed by atoms with Gasteiger partial charge in [0.15, 0.2) is 5.01 Å². The number of rotatable bonds is 2. The van der Waals surface area contributed by atoms with E-state index in [1.54, 1.807) is 12.1 Å². The van der Waals surface area contributed by atoms with Crippen molar-refractivity contribution < 1.29 is 0 Å². The fourth-order valence-electron chi connectivity index (χ4n) is 1.21. The summed E-state index contributed by atoms with van der Waals surface area (Å²) in [7, 11) is 3.85. The van der Waals surface area contributed by atoms with Crippen LogP contribution in [0.2, 0.25) is 5.02 Å². The van der Waals surface area contributed by atoms with Crippen molar-refractivity contribution in [3.63, 3.8) is 0 Å². The van der Waals surface area contributed by atoms with Crippen LogP contribution in [0.4, 0.5) is 10.8 Å². The predicted molar refractivity (Wildman–Crippen MR) is 69.1 cm³/mol. The Morgan fingerprint density at radius 3 is 2.62 bits per heavy atom. The number of benzene rings is 1. The van der Waals surface area contributed by atoms with Gasteiger partial charge in [-0.25, -0.2) is 0 Å². The van der Waals surface area contributed by atoms with Crippen molar-refractivity contribution in [2.24, 2.45) is 0 Å². The summed E-state index contributed by atoms with van der Waals surface area (Å²) in [6.45, 7) is 0. The number of hydrogen-bond acceptors (Lipinski definition) is 5. The Balaban J connectivity index is 2.42. The fourth-order valence-corrected chi connectivity index (χ4v) is 2.35. The molecule has 0 bridgehead atoms. The Morgan fingerprint density at radius 1 is 1.31 bits per heavy atom. The Labute approximate surface area is 103 Å². The SMILES string of the molecule is CN(C)c1nnc(-c2ccc(N)cc2Cl)s1. The quantitative estimate of drug-likeness (QED) is 0.837. The van der Waals surface area contributed by atoms with Crippen LogP contribution in [0, 0.1) is 0 Å². The van der Waals surface area contributed by atoms with E-state index in [4.69, 9.17) is 17.3 Å². The van der Waals surface area contributed by atoms with Gasteiger partial charge in [0.2, 0.25) is 5.13 Å². The maximum absolute atomic E-state index is 6.10. The molecule has 4 nitrogen and oxygen atoms in total. The first kappa shape index (κ1) is 11.2. The van der Waals surface area contributed by atoms with E-state index in [1.165, 1.54) is 11.3 Å². The van der Waals surface area contributed by atoms with Crippen LogP contribution in [0.5, 0.6) is 0 Å². The normalized spacial score (nSPS) is 10.4. The van der Waals surface area contributed by atoms with Gasteiger partial charge in [0, 0.05) is 25.3 Å². The highest BCUT2D eigenvalue weighted by atomic mass is 35.5. The molecule has 0 amide bonds. The average Bonchev–Trinajstić information content (AvgIpc) is 2.66. The van der Waals surface area contributed by atoms with E-state index >= 15 is 0 Å². The van der Waals surface area contributed by atoms with E-state index in [0.29, 0.717) is 10.7 Å². The molecular weight excluding hydrogens is 244 g/mol. The maximum Gasteiger partial charge on any atom is 0.208 e. The first-order chi connectivity index (χ1) is 7.58. The van der Waals surface area contributed by atoms with Gasteiger partial charge in [-0.3, -0.25) is 0 Å². The molecule has 6 heteroatoms. The Kier molecular flexibility index (Phi) is 2.98. The molecule has 1 aromatic heterocycles. The lowest BCUT2D eigenvalue weighted by Gasteiger charge is -2.04. The second-order valence-electron chi connectivity index (χ2n) is 3.52. The number of aromatic nitrogens is 2. The van der Waals surface area contributed by atoms with Gasteiger partial charge in [-0.15, -0.1) is 10.2 Å². The lowest BCUT2D eigenvalue weighted by Crippen LogP contribution is -2.07. The topological polar surface area (TPSA) is 55.0 Å². The Bertz CT molecular complexity index is 509. The first-order valence-corrected chi connectivity index (χ1v) is 5.83. The smallest absolute Gasteiger partial charge is 0.208 e. The van der Waals surface area contributed by atoms with E-state index in [-0.39, 0.29) is 0 Å². The number of halogens is 1. The van der Waals surface area contributed by atoms with Crippen molar-refractivity contribution in [3.8, 4) is 10.6 Å². The van der Waals surface area contributed by atoms with Gasteiger partial charge in [0.25, 0.3) is 0 Å². The molecule has 84 valence electrons. The van der Waals surface area contributed by atoms with Gasteiger partial charge in [-0.2, -0.15) is 0 Å². The van der Waals surface area contributed by atoms with Gasteiger partial charge in [0.05, 0.1) is 5.02 Å². The second-order valence-corrected chi connectivity index (χ2v) is 4.89. The van der Waals surface area contributed by atoms with Gasteiger partial charge in [-0.05, 0) is 18.2 Å². The summed E-state index contributed by atoms with van der Waals surface area (Å²) in [5.74, 6) is 0. The van der Waals surface area contributed by atoms with Crippen LogP contribution in [0.1, 0.15) is 0 Å². The highest BCUT2D eigenvalue weighted by molar-refractivity contribution is 7.18. The minimum absolute atomic E-state index is 0.599. The summed E-state index contributed by atoms with van der Waals surface area (Å²) >= 11 is 7.59. The van der Waals surface area contributed by atoms with Crippen LogP contribution in [0.3, 0.4) is 0 Å². The molecule has 0 radical (unpaired) electrons. The summed E-state index contributed by atoms with van der Waals surface area (Å²) in [6.07, 6.45) is 0. The molecule has 0 aliphatic heterocycles. The van der Waals surface area contributed by atoms with Crippen molar-refractivity contribution in [2.75, 3.05) is 24.7 Å². The third-order valence-corrected chi connectivity index (χ3v) is 3.46. The zero-order valence-electron chi connectivity index (χ0n) is 8.94. The van der Waals surface area contributed by atoms with E-state index < -0.39 is 0 Å². The summed E-state index contributed by atoms with van der Waals surface area (Å²) < 4.78 is 0. The molecule has 2 N–H and O–H groups in total. The number of nitrogen functional groups attached to an aromatic ring is 1. The molecule has 0 atom stereocenters. The van der Waals surface area contributed by atoms with Crippen molar-refractivity contribution in [2.45, 2.75) is 0 Å². The molecule has 1 heterocycles. The van der Waals surface area contributed by atoms with Crippen molar-refractivity contribution in [1.82, 2.24) is 10.2 Å². The van der Waals surface area contributed by atoms with Crippen molar-refractivity contribution in [3.05, 3.63) is 23.2 Å². The first-order valence-electron chi connectivity index (χ1n) is 4.64. The summed E-state index contributed by atoms with van der Waals surface area (Å²) in [5, 5.41) is 10.4. The molecule has 0 saturated carbocycles. The summed E-state index contributed by atoms with van der Waals surface area (Å²) in [6, 6.07) is 5.38. The van der Waals surface area contributed by atoms with Crippen LogP contribution in [0.25, 0.3) is 10.6 Å². The average molecular weight is 255 g/mol. The number of nitrogens with two attached hydrogens (primary N) is 1. The molecule has 0 aliphatic carbocycles. The third-order valence-electron chi connectivity index (χ3n) is 2.02. The predicted octanol–water partition coefficient (Wildman–Crippen LogP) is 2.51. The number of nitrogens with zero attached hydrogens (tertiary/aromatic N) is 3. The van der Waals surface area contributed by atoms with E-state index in [9.17, 15) is 0 Å². The van der Waals surface area contributed by atoms with Crippen LogP contribution in [0.15, 0.2) is 18.2 Å². The minimum atomic E-state index is 0.599. The second kappa shape index (κ2) is 4.27. The third kappa shape index (κ3) is 2.10. The standard InChI is InChI=1S/C10H11ClN4S/c1-15(2)10-14-13-9(16-10)7-4-3-6(12)5-8(7)11/h3-5H,12H2,1-2H3. The van der Waals surface area contributed by atoms with E-state index in [0.717, 1.165) is 15.7 Å². The highest BCUT2D eigenvalue weighted by Gasteiger charge is 2.11. The van der Waals surface area contributed by atoms with Gasteiger partial charge < -0.3 is 10.6 Å². The summed E-state index contributed by atoms with van der Waals surface area (Å²) in [5.41, 5.74) is 7.14. The lowest BCUT2D eigenvalue weighted by atomic mass is 10.2. The molecule has 2 rings (SSSR count). The lowest BCUT2D eigenvalue weighted by molar-refractivity contribution is 1.02. The zero-order chi connectivity index (χ0) is 11.7. The Morgan fingerprint density at radius 2 is 2.06 bits per heavy atom. The van der Waals surface area contributed by atoms with Crippen LogP contribution in [-0.4, -0.2) is 24.3 Å². The van der Waals surface area contributed by atoms with Crippen LogP contribution >= 0.6 is 22.9 Å². The minimum Gasteiger partial charge on any atom is -0.399 e. The number of hydrogen-bond donors (Lipinski definition) is 1. The molecule has 0 unspecified atom stereocenters.